The first-order valence-electron chi connectivity index (χ1n) is 5.50. The van der Waals surface area contributed by atoms with Gasteiger partial charge in [0, 0.05) is 30.7 Å². The number of thiazole rings is 1. The summed E-state index contributed by atoms with van der Waals surface area (Å²) in [5.74, 6) is 3.66. The fourth-order valence-electron chi connectivity index (χ4n) is 1.47. The van der Waals surface area contributed by atoms with Gasteiger partial charge in [-0.25, -0.2) is 20.2 Å². The van der Waals surface area contributed by atoms with Crippen LogP contribution < -0.4 is 16.6 Å². The van der Waals surface area contributed by atoms with E-state index in [2.05, 4.69) is 20.7 Å². The zero-order valence-corrected chi connectivity index (χ0v) is 10.7. The maximum absolute atomic E-state index is 13.7. The summed E-state index contributed by atoms with van der Waals surface area (Å²) in [6.07, 6.45) is 3.62. The summed E-state index contributed by atoms with van der Waals surface area (Å²) in [5.41, 5.74) is 2.00. The van der Waals surface area contributed by atoms with Crippen LogP contribution in [0.3, 0.4) is 0 Å². The molecule has 8 heteroatoms. The Morgan fingerprint density at radius 3 is 2.95 bits per heavy atom. The second-order valence-corrected chi connectivity index (χ2v) is 4.58. The third-order valence-corrected chi connectivity index (χ3v) is 3.22. The molecule has 2 rings (SSSR count). The molecule has 2 aromatic heterocycles. The molecule has 0 aliphatic rings. The summed E-state index contributed by atoms with van der Waals surface area (Å²) in [6, 6.07) is 1.30. The van der Waals surface area contributed by atoms with Crippen molar-refractivity contribution in [3.05, 3.63) is 40.2 Å². The van der Waals surface area contributed by atoms with Gasteiger partial charge in [-0.05, 0) is 6.07 Å². The molecule has 0 aromatic carbocycles. The van der Waals surface area contributed by atoms with Gasteiger partial charge in [0.05, 0.1) is 10.6 Å². The number of rotatable bonds is 5. The van der Waals surface area contributed by atoms with Crippen LogP contribution in [0.1, 0.15) is 15.4 Å². The predicted molar refractivity (Wildman–Crippen MR) is 70.2 cm³/mol. The van der Waals surface area contributed by atoms with Crippen LogP contribution in [0.15, 0.2) is 23.8 Å². The van der Waals surface area contributed by atoms with E-state index in [1.54, 1.807) is 6.20 Å². The molecule has 19 heavy (non-hydrogen) atoms. The maximum atomic E-state index is 13.7. The van der Waals surface area contributed by atoms with Crippen LogP contribution in [0.2, 0.25) is 0 Å². The molecule has 2 aromatic rings. The van der Waals surface area contributed by atoms with Crippen LogP contribution in [0.4, 0.5) is 10.2 Å². The van der Waals surface area contributed by atoms with Gasteiger partial charge in [0.15, 0.2) is 11.6 Å². The second kappa shape index (κ2) is 6.21. The van der Waals surface area contributed by atoms with Crippen molar-refractivity contribution in [2.24, 2.45) is 5.84 Å². The highest BCUT2D eigenvalue weighted by atomic mass is 32.1. The number of nitrogens with two attached hydrogens (primary N) is 1. The van der Waals surface area contributed by atoms with Gasteiger partial charge in [0.1, 0.15) is 0 Å². The number of carbonyl (C=O) groups excluding carboxylic acids is 1. The standard InChI is InChI=1S/C11H12FN5OS/c12-9-7(1-3-15-10(9)17-13)11(18)16-4-2-8-14-5-6-19-8/h1,3,5-6H,2,4,13H2,(H,15,17)(H,16,18). The van der Waals surface area contributed by atoms with E-state index < -0.39 is 11.7 Å². The average molecular weight is 281 g/mol. The Bertz CT molecular complexity index is 560. The van der Waals surface area contributed by atoms with Crippen molar-refractivity contribution in [3.8, 4) is 0 Å². The zero-order valence-electron chi connectivity index (χ0n) is 9.89. The number of halogens is 1. The van der Waals surface area contributed by atoms with Gasteiger partial charge < -0.3 is 10.7 Å². The van der Waals surface area contributed by atoms with Gasteiger partial charge >= 0.3 is 0 Å². The predicted octanol–water partition coefficient (Wildman–Crippen LogP) is 0.935. The molecule has 0 bridgehead atoms. The van der Waals surface area contributed by atoms with Crippen LogP contribution in [0.25, 0.3) is 0 Å². The molecule has 0 spiro atoms. The molecular formula is C11H12FN5OS. The van der Waals surface area contributed by atoms with Crippen molar-refractivity contribution in [2.45, 2.75) is 6.42 Å². The Morgan fingerprint density at radius 2 is 2.26 bits per heavy atom. The van der Waals surface area contributed by atoms with E-state index in [4.69, 9.17) is 5.84 Å². The summed E-state index contributed by atoms with van der Waals surface area (Å²) in [6.45, 7) is 0.388. The number of hydrogen-bond donors (Lipinski definition) is 3. The minimum atomic E-state index is -0.767. The first kappa shape index (κ1) is 13.4. The van der Waals surface area contributed by atoms with E-state index >= 15 is 0 Å². The highest BCUT2D eigenvalue weighted by Gasteiger charge is 2.15. The van der Waals surface area contributed by atoms with Crippen molar-refractivity contribution < 1.29 is 9.18 Å². The van der Waals surface area contributed by atoms with Crippen molar-refractivity contribution >= 4 is 23.1 Å². The quantitative estimate of drug-likeness (QED) is 0.560. The number of aromatic nitrogens is 2. The smallest absolute Gasteiger partial charge is 0.254 e. The van der Waals surface area contributed by atoms with Crippen molar-refractivity contribution in [1.29, 1.82) is 0 Å². The summed E-state index contributed by atoms with van der Waals surface area (Å²) in [5, 5.41) is 5.40. The molecule has 0 unspecified atom stereocenters. The molecule has 100 valence electrons. The lowest BCUT2D eigenvalue weighted by molar-refractivity contribution is 0.0950. The molecule has 4 N–H and O–H groups in total. The number of hydrogen-bond acceptors (Lipinski definition) is 6. The normalized spacial score (nSPS) is 10.2. The Kier molecular flexibility index (Phi) is 4.37. The Balaban J connectivity index is 1.96. The minimum absolute atomic E-state index is 0.0953. The van der Waals surface area contributed by atoms with Crippen LogP contribution in [-0.2, 0) is 6.42 Å². The molecule has 0 saturated carbocycles. The zero-order chi connectivity index (χ0) is 13.7. The van der Waals surface area contributed by atoms with E-state index in [9.17, 15) is 9.18 Å². The fraction of sp³-hybridized carbons (Fsp3) is 0.182. The van der Waals surface area contributed by atoms with Crippen LogP contribution in [-0.4, -0.2) is 22.4 Å². The molecule has 0 aliphatic heterocycles. The van der Waals surface area contributed by atoms with Gasteiger partial charge in [-0.2, -0.15) is 0 Å². The first-order valence-corrected chi connectivity index (χ1v) is 6.38. The molecule has 0 atom stereocenters. The maximum Gasteiger partial charge on any atom is 0.254 e. The number of nitrogens with zero attached hydrogens (tertiary/aromatic N) is 2. The van der Waals surface area contributed by atoms with E-state index in [0.29, 0.717) is 13.0 Å². The lowest BCUT2D eigenvalue weighted by atomic mass is 10.2. The van der Waals surface area contributed by atoms with E-state index in [0.717, 1.165) is 5.01 Å². The lowest BCUT2D eigenvalue weighted by Gasteiger charge is -2.07. The number of pyridine rings is 1. The van der Waals surface area contributed by atoms with Gasteiger partial charge in [0.2, 0.25) is 0 Å². The summed E-state index contributed by atoms with van der Waals surface area (Å²) < 4.78 is 13.7. The molecule has 6 nitrogen and oxygen atoms in total. The number of nitrogens with one attached hydrogen (secondary N) is 2. The van der Waals surface area contributed by atoms with Crippen LogP contribution >= 0.6 is 11.3 Å². The minimum Gasteiger partial charge on any atom is -0.352 e. The summed E-state index contributed by atoms with van der Waals surface area (Å²) in [4.78, 5) is 19.5. The molecule has 2 heterocycles. The topological polar surface area (TPSA) is 92.9 Å². The fourth-order valence-corrected chi connectivity index (χ4v) is 2.09. The van der Waals surface area contributed by atoms with Crippen molar-refractivity contribution in [1.82, 2.24) is 15.3 Å². The average Bonchev–Trinajstić information content (AvgIpc) is 2.92. The molecule has 0 radical (unpaired) electrons. The first-order chi connectivity index (χ1) is 9.22. The lowest BCUT2D eigenvalue weighted by Crippen LogP contribution is -2.27. The molecule has 0 aliphatic carbocycles. The van der Waals surface area contributed by atoms with Crippen LogP contribution in [0, 0.1) is 5.82 Å². The van der Waals surface area contributed by atoms with Gasteiger partial charge in [0.25, 0.3) is 5.91 Å². The second-order valence-electron chi connectivity index (χ2n) is 3.60. The van der Waals surface area contributed by atoms with E-state index in [1.165, 1.54) is 23.6 Å². The molecule has 0 fully saturated rings. The molecule has 0 saturated heterocycles. The van der Waals surface area contributed by atoms with Crippen LogP contribution in [0.5, 0.6) is 0 Å². The number of carbonyl (C=O) groups is 1. The number of hydrazine groups is 1. The molecular weight excluding hydrogens is 269 g/mol. The number of amides is 1. The monoisotopic (exact) mass is 281 g/mol. The van der Waals surface area contributed by atoms with Gasteiger partial charge in [-0.3, -0.25) is 4.79 Å². The van der Waals surface area contributed by atoms with Gasteiger partial charge in [-0.15, -0.1) is 11.3 Å². The number of anilines is 1. The Hall–Kier alpha value is -2.06. The largest absolute Gasteiger partial charge is 0.352 e. The SMILES string of the molecule is NNc1nccc(C(=O)NCCc2nccs2)c1F. The van der Waals surface area contributed by atoms with E-state index in [1.807, 2.05) is 5.38 Å². The van der Waals surface area contributed by atoms with Crippen molar-refractivity contribution in [3.63, 3.8) is 0 Å². The van der Waals surface area contributed by atoms with Crippen molar-refractivity contribution in [2.75, 3.05) is 12.0 Å². The summed E-state index contributed by atoms with van der Waals surface area (Å²) >= 11 is 1.51. The highest BCUT2D eigenvalue weighted by molar-refractivity contribution is 7.09. The van der Waals surface area contributed by atoms with Gasteiger partial charge in [-0.1, -0.05) is 0 Å². The highest BCUT2D eigenvalue weighted by Crippen LogP contribution is 2.13. The number of nitrogen functional groups attached to an aromatic ring is 1. The summed E-state index contributed by atoms with van der Waals surface area (Å²) in [7, 11) is 0. The Morgan fingerprint density at radius 1 is 1.42 bits per heavy atom. The van der Waals surface area contributed by atoms with E-state index in [-0.39, 0.29) is 11.4 Å². The molecule has 1 amide bonds. The third kappa shape index (κ3) is 3.24. The Labute approximate surface area is 112 Å². The third-order valence-electron chi connectivity index (χ3n) is 2.38.